The highest BCUT2D eigenvalue weighted by atomic mass is 35.5. The zero-order chi connectivity index (χ0) is 22.5. The summed E-state index contributed by atoms with van der Waals surface area (Å²) in [5, 5.41) is 3.44. The number of anilines is 2. The number of rotatable bonds is 7. The lowest BCUT2D eigenvalue weighted by atomic mass is 10.0. The lowest BCUT2D eigenvalue weighted by Crippen LogP contribution is -2.28. The van der Waals surface area contributed by atoms with Gasteiger partial charge in [-0.25, -0.2) is 0 Å². The first-order chi connectivity index (χ1) is 14.8. The molecule has 0 unspecified atom stereocenters. The summed E-state index contributed by atoms with van der Waals surface area (Å²) in [7, 11) is 0. The van der Waals surface area contributed by atoms with Crippen LogP contribution in [0, 0.1) is 5.92 Å². The SMILES string of the molecule is CCc1cccc(CC)c1NC(=O)COC(=O)[C@@H]1CC(=O)N(c2cccc(Cl)c2Cl)C1. The van der Waals surface area contributed by atoms with Crippen LogP contribution in [-0.4, -0.2) is 30.9 Å². The van der Waals surface area contributed by atoms with Gasteiger partial charge in [-0.05, 0) is 36.1 Å². The van der Waals surface area contributed by atoms with Gasteiger partial charge in [-0.3, -0.25) is 14.4 Å². The Morgan fingerprint density at radius 3 is 2.39 bits per heavy atom. The molecule has 1 aliphatic heterocycles. The average Bonchev–Trinajstić information content (AvgIpc) is 3.15. The van der Waals surface area contributed by atoms with Crippen LogP contribution in [0.25, 0.3) is 0 Å². The van der Waals surface area contributed by atoms with E-state index in [-0.39, 0.29) is 23.9 Å². The number of hydrogen-bond donors (Lipinski definition) is 1. The molecule has 2 aromatic carbocycles. The molecule has 0 spiro atoms. The van der Waals surface area contributed by atoms with Crippen LogP contribution in [0.1, 0.15) is 31.4 Å². The Bertz CT molecular complexity index is 987. The normalized spacial score (nSPS) is 15.8. The van der Waals surface area contributed by atoms with Gasteiger partial charge in [-0.1, -0.05) is 61.3 Å². The van der Waals surface area contributed by atoms with Gasteiger partial charge >= 0.3 is 5.97 Å². The highest BCUT2D eigenvalue weighted by molar-refractivity contribution is 6.44. The minimum atomic E-state index is -0.676. The van der Waals surface area contributed by atoms with Gasteiger partial charge in [0.25, 0.3) is 5.91 Å². The largest absolute Gasteiger partial charge is 0.455 e. The Hall–Kier alpha value is -2.57. The number of halogens is 2. The fourth-order valence-electron chi connectivity index (χ4n) is 3.63. The molecule has 1 N–H and O–H groups in total. The minimum absolute atomic E-state index is 0.0120. The second-order valence-corrected chi connectivity index (χ2v) is 8.08. The molecule has 2 aromatic rings. The van der Waals surface area contributed by atoms with E-state index in [1.54, 1.807) is 18.2 Å². The summed E-state index contributed by atoms with van der Waals surface area (Å²) in [6.45, 7) is 3.74. The van der Waals surface area contributed by atoms with E-state index in [4.69, 9.17) is 27.9 Å². The van der Waals surface area contributed by atoms with Crippen LogP contribution in [0.4, 0.5) is 11.4 Å². The van der Waals surface area contributed by atoms with Crippen LogP contribution in [-0.2, 0) is 32.0 Å². The molecule has 164 valence electrons. The predicted octanol–water partition coefficient (Wildman–Crippen LogP) is 4.65. The standard InChI is InChI=1S/C23H24Cl2N2O4/c1-3-14-7-5-8-15(4-2)22(14)26-19(28)13-31-23(30)16-11-20(29)27(12-16)18-10-6-9-17(24)21(18)25/h5-10,16H,3-4,11-13H2,1-2H3,(H,26,28)/t16-/m1/s1. The van der Waals surface area contributed by atoms with Crippen LogP contribution in [0.2, 0.25) is 10.0 Å². The molecule has 0 aromatic heterocycles. The lowest BCUT2D eigenvalue weighted by Gasteiger charge is -2.18. The van der Waals surface area contributed by atoms with Crippen molar-refractivity contribution < 1.29 is 19.1 Å². The van der Waals surface area contributed by atoms with Crippen LogP contribution in [0.3, 0.4) is 0 Å². The molecular formula is C23H24Cl2N2O4. The molecule has 2 amide bonds. The Morgan fingerprint density at radius 1 is 1.10 bits per heavy atom. The molecule has 6 nitrogen and oxygen atoms in total. The maximum absolute atomic E-state index is 12.5. The van der Waals surface area contributed by atoms with E-state index in [0.717, 1.165) is 29.7 Å². The summed E-state index contributed by atoms with van der Waals surface area (Å²) in [5.41, 5.74) is 3.27. The van der Waals surface area contributed by atoms with Gasteiger partial charge in [0.05, 0.1) is 21.7 Å². The van der Waals surface area contributed by atoms with Crippen molar-refractivity contribution in [2.75, 3.05) is 23.4 Å². The zero-order valence-corrected chi connectivity index (χ0v) is 18.9. The molecule has 0 radical (unpaired) electrons. The third kappa shape index (κ3) is 5.20. The Kier molecular flexibility index (Phi) is 7.57. The first-order valence-electron chi connectivity index (χ1n) is 10.2. The highest BCUT2D eigenvalue weighted by Gasteiger charge is 2.37. The molecule has 3 rings (SSSR count). The summed E-state index contributed by atoms with van der Waals surface area (Å²) in [4.78, 5) is 38.7. The van der Waals surface area contributed by atoms with Crippen LogP contribution < -0.4 is 10.2 Å². The number of carbonyl (C=O) groups is 3. The number of carbonyl (C=O) groups excluding carboxylic acids is 3. The molecule has 31 heavy (non-hydrogen) atoms. The average molecular weight is 463 g/mol. The second-order valence-electron chi connectivity index (χ2n) is 7.29. The molecule has 1 atom stereocenters. The number of aryl methyl sites for hydroxylation is 2. The van der Waals surface area contributed by atoms with Gasteiger partial charge in [-0.15, -0.1) is 0 Å². The first-order valence-corrected chi connectivity index (χ1v) is 10.9. The van der Waals surface area contributed by atoms with Crippen molar-refractivity contribution in [3.05, 3.63) is 57.6 Å². The Balaban J connectivity index is 1.60. The van der Waals surface area contributed by atoms with Gasteiger partial charge < -0.3 is 15.0 Å². The van der Waals surface area contributed by atoms with E-state index in [1.165, 1.54) is 4.90 Å². The summed E-state index contributed by atoms with van der Waals surface area (Å²) in [6.07, 6.45) is 1.53. The zero-order valence-electron chi connectivity index (χ0n) is 17.4. The Morgan fingerprint density at radius 2 is 1.74 bits per heavy atom. The topological polar surface area (TPSA) is 75.7 Å². The third-order valence-corrected chi connectivity index (χ3v) is 6.10. The van der Waals surface area contributed by atoms with E-state index in [1.807, 2.05) is 32.0 Å². The molecular weight excluding hydrogens is 439 g/mol. The van der Waals surface area contributed by atoms with Gasteiger partial charge in [0, 0.05) is 18.7 Å². The van der Waals surface area contributed by atoms with E-state index in [9.17, 15) is 14.4 Å². The summed E-state index contributed by atoms with van der Waals surface area (Å²) in [6, 6.07) is 10.9. The van der Waals surface area contributed by atoms with Gasteiger partial charge in [-0.2, -0.15) is 0 Å². The number of amides is 2. The van der Waals surface area contributed by atoms with E-state index in [0.29, 0.717) is 10.7 Å². The molecule has 0 aliphatic carbocycles. The maximum atomic E-state index is 12.5. The van der Waals surface area contributed by atoms with Crippen molar-refractivity contribution in [1.82, 2.24) is 0 Å². The number of ether oxygens (including phenoxy) is 1. The van der Waals surface area contributed by atoms with Crippen molar-refractivity contribution in [1.29, 1.82) is 0 Å². The molecule has 0 saturated carbocycles. The number of para-hydroxylation sites is 1. The molecule has 0 bridgehead atoms. The lowest BCUT2D eigenvalue weighted by molar-refractivity contribution is -0.151. The second kappa shape index (κ2) is 10.2. The number of nitrogens with zero attached hydrogens (tertiary/aromatic N) is 1. The van der Waals surface area contributed by atoms with Crippen molar-refractivity contribution >= 4 is 52.4 Å². The maximum Gasteiger partial charge on any atom is 0.311 e. The van der Waals surface area contributed by atoms with Gasteiger partial charge in [0.2, 0.25) is 5.91 Å². The van der Waals surface area contributed by atoms with Crippen LogP contribution >= 0.6 is 23.2 Å². The predicted molar refractivity (Wildman–Crippen MR) is 122 cm³/mol. The van der Waals surface area contributed by atoms with Crippen molar-refractivity contribution in [2.45, 2.75) is 33.1 Å². The van der Waals surface area contributed by atoms with Crippen molar-refractivity contribution in [3.8, 4) is 0 Å². The monoisotopic (exact) mass is 462 g/mol. The minimum Gasteiger partial charge on any atom is -0.455 e. The van der Waals surface area contributed by atoms with E-state index in [2.05, 4.69) is 5.32 Å². The van der Waals surface area contributed by atoms with Crippen molar-refractivity contribution in [3.63, 3.8) is 0 Å². The molecule has 1 heterocycles. The quantitative estimate of drug-likeness (QED) is 0.607. The molecule has 1 aliphatic rings. The van der Waals surface area contributed by atoms with Crippen LogP contribution in [0.5, 0.6) is 0 Å². The summed E-state index contributed by atoms with van der Waals surface area (Å²) in [5.74, 6) is -1.93. The number of benzene rings is 2. The molecule has 1 saturated heterocycles. The fraction of sp³-hybridized carbons (Fsp3) is 0.348. The Labute approximate surface area is 191 Å². The van der Waals surface area contributed by atoms with Crippen LogP contribution in [0.15, 0.2) is 36.4 Å². The van der Waals surface area contributed by atoms with Gasteiger partial charge in [0.1, 0.15) is 0 Å². The fourth-order valence-corrected chi connectivity index (χ4v) is 4.03. The number of nitrogens with one attached hydrogen (secondary N) is 1. The number of esters is 1. The van der Waals surface area contributed by atoms with E-state index >= 15 is 0 Å². The smallest absolute Gasteiger partial charge is 0.311 e. The third-order valence-electron chi connectivity index (χ3n) is 5.29. The first kappa shape index (κ1) is 23.1. The van der Waals surface area contributed by atoms with E-state index < -0.39 is 24.4 Å². The summed E-state index contributed by atoms with van der Waals surface area (Å²) >= 11 is 12.2. The molecule has 8 heteroatoms. The highest BCUT2D eigenvalue weighted by Crippen LogP contribution is 2.35. The number of hydrogen-bond acceptors (Lipinski definition) is 4. The van der Waals surface area contributed by atoms with Gasteiger partial charge in [0.15, 0.2) is 6.61 Å². The molecule has 1 fully saturated rings. The summed E-state index contributed by atoms with van der Waals surface area (Å²) < 4.78 is 5.20. The van der Waals surface area contributed by atoms with Crippen molar-refractivity contribution in [2.24, 2.45) is 5.92 Å².